The molecule has 2 heterocycles. The lowest BCUT2D eigenvalue weighted by Gasteiger charge is -2.36. The molecule has 2 saturated heterocycles. The molecule has 0 bridgehead atoms. The average Bonchev–Trinajstić information content (AvgIpc) is 2.77. The summed E-state index contributed by atoms with van der Waals surface area (Å²) >= 11 is 0. The topological polar surface area (TPSA) is 93.2 Å². The van der Waals surface area contributed by atoms with Crippen molar-refractivity contribution in [2.45, 2.75) is 76.1 Å². The predicted molar refractivity (Wildman–Crippen MR) is 120 cm³/mol. The van der Waals surface area contributed by atoms with Crippen molar-refractivity contribution < 1.29 is 27.5 Å². The number of carbonyl (C=O) groups excluding carboxylic acids is 2. The van der Waals surface area contributed by atoms with E-state index < -0.39 is 22.1 Å². The summed E-state index contributed by atoms with van der Waals surface area (Å²) in [5, 5.41) is 0. The van der Waals surface area contributed by atoms with E-state index in [2.05, 4.69) is 0 Å². The number of aryl methyl sites for hydroxylation is 1. The number of sulfonamides is 1. The number of ether oxygens (including phenoxy) is 2. The molecule has 3 atom stereocenters. The number of benzene rings is 1. The Morgan fingerprint density at radius 2 is 1.66 bits per heavy atom. The van der Waals surface area contributed by atoms with Gasteiger partial charge < -0.3 is 14.4 Å². The lowest BCUT2D eigenvalue weighted by atomic mass is 10.1. The minimum Gasteiger partial charge on any atom is -0.453 e. The van der Waals surface area contributed by atoms with Crippen LogP contribution in [0.1, 0.15) is 52.0 Å². The molecule has 32 heavy (non-hydrogen) atoms. The fourth-order valence-corrected chi connectivity index (χ4v) is 5.77. The van der Waals surface area contributed by atoms with Crippen LogP contribution in [-0.2, 0) is 35.5 Å². The van der Waals surface area contributed by atoms with Crippen LogP contribution in [0.5, 0.6) is 0 Å². The molecular weight excluding hydrogens is 432 g/mol. The lowest BCUT2D eigenvalue weighted by Crippen LogP contribution is -2.51. The van der Waals surface area contributed by atoms with Crippen LogP contribution in [0.2, 0.25) is 0 Å². The number of amides is 1. The summed E-state index contributed by atoms with van der Waals surface area (Å²) in [5.41, 5.74) is 0.842. The van der Waals surface area contributed by atoms with Gasteiger partial charge in [-0.15, -0.1) is 0 Å². The second-order valence-electron chi connectivity index (χ2n) is 8.74. The van der Waals surface area contributed by atoms with Crippen molar-refractivity contribution in [3.63, 3.8) is 0 Å². The molecule has 9 heteroatoms. The van der Waals surface area contributed by atoms with Crippen LogP contribution in [0, 0.1) is 0 Å². The first-order chi connectivity index (χ1) is 15.2. The van der Waals surface area contributed by atoms with Gasteiger partial charge in [0.2, 0.25) is 10.0 Å². The van der Waals surface area contributed by atoms with Gasteiger partial charge in [0.05, 0.1) is 17.1 Å². The Morgan fingerprint density at radius 3 is 2.25 bits per heavy atom. The molecule has 1 aromatic carbocycles. The first-order valence-corrected chi connectivity index (χ1v) is 12.8. The molecule has 2 aliphatic heterocycles. The van der Waals surface area contributed by atoms with Crippen molar-refractivity contribution >= 4 is 21.9 Å². The predicted octanol–water partition coefficient (Wildman–Crippen LogP) is 2.36. The van der Waals surface area contributed by atoms with Crippen LogP contribution in [-0.4, -0.2) is 74.0 Å². The fourth-order valence-electron chi connectivity index (χ4n) is 4.25. The number of esters is 1. The molecule has 2 aliphatic rings. The summed E-state index contributed by atoms with van der Waals surface area (Å²) in [7, 11) is -3.46. The Kier molecular flexibility index (Phi) is 8.30. The SMILES string of the molecule is CC1CN(C(=O)C(C)OC(=O)CCc2ccc(S(=O)(=O)N3CCCCC3)cc2)CC(C)O1. The van der Waals surface area contributed by atoms with Crippen molar-refractivity contribution in [2.75, 3.05) is 26.2 Å². The van der Waals surface area contributed by atoms with E-state index in [9.17, 15) is 18.0 Å². The summed E-state index contributed by atoms with van der Waals surface area (Å²) in [6, 6.07) is 6.65. The minimum atomic E-state index is -3.46. The molecule has 0 aromatic heterocycles. The number of morpholine rings is 1. The van der Waals surface area contributed by atoms with E-state index in [1.807, 2.05) is 13.8 Å². The highest BCUT2D eigenvalue weighted by Gasteiger charge is 2.30. The molecule has 3 unspecified atom stereocenters. The molecule has 8 nitrogen and oxygen atoms in total. The Bertz CT molecular complexity index is 886. The fraction of sp³-hybridized carbons (Fsp3) is 0.652. The first kappa shape index (κ1) is 24.7. The van der Waals surface area contributed by atoms with E-state index in [4.69, 9.17) is 9.47 Å². The summed E-state index contributed by atoms with van der Waals surface area (Å²) < 4.78 is 38.0. The molecule has 178 valence electrons. The van der Waals surface area contributed by atoms with E-state index in [1.54, 1.807) is 36.1 Å². The maximum absolute atomic E-state index is 12.7. The summed E-state index contributed by atoms with van der Waals surface area (Å²) in [6.07, 6.45) is 2.43. The van der Waals surface area contributed by atoms with Gasteiger partial charge in [-0.1, -0.05) is 18.6 Å². The second kappa shape index (κ2) is 10.8. The number of hydrogen-bond donors (Lipinski definition) is 0. The average molecular weight is 467 g/mol. The van der Waals surface area contributed by atoms with Gasteiger partial charge >= 0.3 is 5.97 Å². The van der Waals surface area contributed by atoms with E-state index in [-0.39, 0.29) is 29.4 Å². The highest BCUT2D eigenvalue weighted by Crippen LogP contribution is 2.21. The molecule has 3 rings (SSSR count). The van der Waals surface area contributed by atoms with Gasteiger partial charge in [0.1, 0.15) is 0 Å². The van der Waals surface area contributed by atoms with Crippen LogP contribution in [0.25, 0.3) is 0 Å². The van der Waals surface area contributed by atoms with Gasteiger partial charge in [-0.3, -0.25) is 9.59 Å². The third-order valence-corrected chi connectivity index (χ3v) is 7.79. The van der Waals surface area contributed by atoms with Crippen LogP contribution in [0.3, 0.4) is 0 Å². The van der Waals surface area contributed by atoms with Crippen LogP contribution in [0.4, 0.5) is 0 Å². The number of piperidine rings is 1. The highest BCUT2D eigenvalue weighted by molar-refractivity contribution is 7.89. The largest absolute Gasteiger partial charge is 0.453 e. The number of hydrogen-bond acceptors (Lipinski definition) is 6. The third kappa shape index (κ3) is 6.30. The molecule has 0 radical (unpaired) electrons. The van der Waals surface area contributed by atoms with E-state index in [0.717, 1.165) is 24.8 Å². The van der Waals surface area contributed by atoms with Crippen molar-refractivity contribution in [1.82, 2.24) is 9.21 Å². The molecular formula is C23H34N2O6S. The van der Waals surface area contributed by atoms with Gasteiger partial charge in [0.15, 0.2) is 6.10 Å². The van der Waals surface area contributed by atoms with Gasteiger partial charge in [-0.2, -0.15) is 4.31 Å². The molecule has 1 amide bonds. The Labute approximate surface area is 190 Å². The van der Waals surface area contributed by atoms with E-state index in [1.165, 1.54) is 4.31 Å². The summed E-state index contributed by atoms with van der Waals surface area (Å²) in [5.74, 6) is -0.669. The number of carbonyl (C=O) groups is 2. The lowest BCUT2D eigenvalue weighted by molar-refractivity contribution is -0.164. The minimum absolute atomic E-state index is 0.0488. The molecule has 1 aromatic rings. The van der Waals surface area contributed by atoms with Crippen molar-refractivity contribution in [2.24, 2.45) is 0 Å². The second-order valence-corrected chi connectivity index (χ2v) is 10.7. The van der Waals surface area contributed by atoms with Gasteiger partial charge in [-0.25, -0.2) is 8.42 Å². The van der Waals surface area contributed by atoms with Crippen molar-refractivity contribution in [3.8, 4) is 0 Å². The first-order valence-electron chi connectivity index (χ1n) is 11.4. The van der Waals surface area contributed by atoms with Crippen molar-refractivity contribution in [1.29, 1.82) is 0 Å². The number of rotatable bonds is 7. The molecule has 0 spiro atoms. The Balaban J connectivity index is 1.48. The van der Waals surface area contributed by atoms with E-state index >= 15 is 0 Å². The van der Waals surface area contributed by atoms with Gasteiger partial charge in [-0.05, 0) is 57.7 Å². The maximum atomic E-state index is 12.7. The van der Waals surface area contributed by atoms with Crippen LogP contribution >= 0.6 is 0 Å². The Morgan fingerprint density at radius 1 is 1.06 bits per heavy atom. The maximum Gasteiger partial charge on any atom is 0.306 e. The molecule has 0 N–H and O–H groups in total. The zero-order valence-corrected chi connectivity index (χ0v) is 20.0. The monoisotopic (exact) mass is 466 g/mol. The number of nitrogens with zero attached hydrogens (tertiary/aromatic N) is 2. The highest BCUT2D eigenvalue weighted by atomic mass is 32.2. The summed E-state index contributed by atoms with van der Waals surface area (Å²) in [6.45, 7) is 7.51. The van der Waals surface area contributed by atoms with E-state index in [0.29, 0.717) is 32.6 Å². The Hall–Kier alpha value is -1.97. The smallest absolute Gasteiger partial charge is 0.306 e. The molecule has 0 saturated carbocycles. The summed E-state index contributed by atoms with van der Waals surface area (Å²) in [4.78, 5) is 26.8. The van der Waals surface area contributed by atoms with Crippen LogP contribution < -0.4 is 0 Å². The molecule has 0 aliphatic carbocycles. The van der Waals surface area contributed by atoms with Crippen LogP contribution in [0.15, 0.2) is 29.2 Å². The molecule has 2 fully saturated rings. The van der Waals surface area contributed by atoms with Gasteiger partial charge in [0, 0.05) is 32.6 Å². The standard InChI is InChI=1S/C23H34N2O6S/c1-17-15-24(16-18(2)30-17)23(27)19(3)31-22(26)12-9-20-7-10-21(11-8-20)32(28,29)25-13-5-4-6-14-25/h7-8,10-11,17-19H,4-6,9,12-16H2,1-3H3. The van der Waals surface area contributed by atoms with Crippen molar-refractivity contribution in [3.05, 3.63) is 29.8 Å². The third-order valence-electron chi connectivity index (χ3n) is 5.88. The van der Waals surface area contributed by atoms with Gasteiger partial charge in [0.25, 0.3) is 5.91 Å². The normalized spacial score (nSPS) is 23.5. The quantitative estimate of drug-likeness (QED) is 0.573. The zero-order valence-electron chi connectivity index (χ0n) is 19.2. The zero-order chi connectivity index (χ0) is 23.3.